The third kappa shape index (κ3) is 2.83. The van der Waals surface area contributed by atoms with Crippen molar-refractivity contribution in [1.82, 2.24) is 14.5 Å². The first-order chi connectivity index (χ1) is 9.87. The van der Waals surface area contributed by atoms with Gasteiger partial charge in [0.25, 0.3) is 10.0 Å². The van der Waals surface area contributed by atoms with E-state index in [1.54, 1.807) is 19.1 Å². The number of carboxylic acids is 1. The highest BCUT2D eigenvalue weighted by Gasteiger charge is 2.33. The molecule has 2 aromatic rings. The molecule has 21 heavy (non-hydrogen) atoms. The molecule has 8 nitrogen and oxygen atoms in total. The van der Waals surface area contributed by atoms with Crippen molar-refractivity contribution in [2.24, 2.45) is 0 Å². The van der Waals surface area contributed by atoms with Gasteiger partial charge in [0.1, 0.15) is 11.3 Å². The number of aromatic nitrogens is 2. The summed E-state index contributed by atoms with van der Waals surface area (Å²) in [5, 5.41) is 14.7. The molecule has 0 aromatic carbocycles. The van der Waals surface area contributed by atoms with Crippen LogP contribution in [0.15, 0.2) is 27.8 Å². The summed E-state index contributed by atoms with van der Waals surface area (Å²) in [4.78, 5) is 11.2. The van der Waals surface area contributed by atoms with Gasteiger partial charge < -0.3 is 9.52 Å². The van der Waals surface area contributed by atoms with Crippen molar-refractivity contribution in [1.29, 1.82) is 0 Å². The maximum atomic E-state index is 12.6. The topological polar surface area (TPSA) is 117 Å². The Morgan fingerprint density at radius 3 is 2.76 bits per heavy atom. The van der Waals surface area contributed by atoms with E-state index in [2.05, 4.69) is 10.2 Å². The standard InChI is InChI=1S/C12H15N3O5S/c1-3-15(7-9-5-4-6-20-9)21(18,19)11-10(12(16)17)8(2)13-14-11/h4-6H,3,7H2,1-2H3,(H,13,14)(H,16,17). The molecule has 114 valence electrons. The minimum Gasteiger partial charge on any atom is -0.478 e. The normalized spacial score (nSPS) is 12.0. The molecule has 2 N–H and O–H groups in total. The lowest BCUT2D eigenvalue weighted by Gasteiger charge is -2.18. The van der Waals surface area contributed by atoms with Gasteiger partial charge >= 0.3 is 5.97 Å². The van der Waals surface area contributed by atoms with E-state index in [-0.39, 0.29) is 24.3 Å². The van der Waals surface area contributed by atoms with Gasteiger partial charge in [-0.15, -0.1) is 0 Å². The molecule has 0 spiro atoms. The van der Waals surface area contributed by atoms with Gasteiger partial charge in [-0.3, -0.25) is 5.10 Å². The number of aromatic amines is 1. The second-order valence-corrected chi connectivity index (χ2v) is 6.20. The number of hydrogen-bond donors (Lipinski definition) is 2. The van der Waals surface area contributed by atoms with Crippen molar-refractivity contribution in [3.63, 3.8) is 0 Å². The van der Waals surface area contributed by atoms with E-state index in [0.29, 0.717) is 5.76 Å². The third-order valence-corrected chi connectivity index (χ3v) is 4.83. The van der Waals surface area contributed by atoms with Crippen LogP contribution >= 0.6 is 0 Å². The van der Waals surface area contributed by atoms with Crippen LogP contribution in [0.4, 0.5) is 0 Å². The molecule has 0 unspecified atom stereocenters. The summed E-state index contributed by atoms with van der Waals surface area (Å²) in [6.07, 6.45) is 1.44. The quantitative estimate of drug-likeness (QED) is 0.828. The van der Waals surface area contributed by atoms with Crippen LogP contribution in [0.2, 0.25) is 0 Å². The molecule has 9 heteroatoms. The van der Waals surface area contributed by atoms with Crippen LogP contribution < -0.4 is 0 Å². The first-order valence-electron chi connectivity index (χ1n) is 6.18. The molecule has 0 fully saturated rings. The van der Waals surface area contributed by atoms with E-state index in [4.69, 9.17) is 9.52 Å². The predicted molar refractivity (Wildman–Crippen MR) is 72.3 cm³/mol. The van der Waals surface area contributed by atoms with E-state index in [1.165, 1.54) is 13.2 Å². The molecule has 0 radical (unpaired) electrons. The molecular weight excluding hydrogens is 298 g/mol. The molecule has 2 aromatic heterocycles. The monoisotopic (exact) mass is 313 g/mol. The largest absolute Gasteiger partial charge is 0.478 e. The number of rotatable bonds is 6. The molecule has 2 heterocycles. The molecule has 0 saturated heterocycles. The molecule has 0 bridgehead atoms. The van der Waals surface area contributed by atoms with Crippen molar-refractivity contribution in [2.75, 3.05) is 6.54 Å². The number of carbonyl (C=O) groups is 1. The van der Waals surface area contributed by atoms with E-state index in [1.807, 2.05) is 0 Å². The fourth-order valence-electron chi connectivity index (χ4n) is 1.91. The number of aryl methyl sites for hydroxylation is 1. The number of carboxylic acid groups (broad SMARTS) is 1. The smallest absolute Gasteiger partial charge is 0.340 e. The highest BCUT2D eigenvalue weighted by molar-refractivity contribution is 7.89. The summed E-state index contributed by atoms with van der Waals surface area (Å²) in [6.45, 7) is 3.28. The molecule has 0 amide bonds. The molecule has 0 aliphatic heterocycles. The molecular formula is C12H15N3O5S. The van der Waals surface area contributed by atoms with Crippen molar-refractivity contribution < 1.29 is 22.7 Å². The van der Waals surface area contributed by atoms with E-state index in [9.17, 15) is 13.2 Å². The average molecular weight is 313 g/mol. The summed E-state index contributed by atoms with van der Waals surface area (Å²) in [5.74, 6) is -0.876. The maximum Gasteiger partial charge on any atom is 0.340 e. The van der Waals surface area contributed by atoms with Gasteiger partial charge in [0.15, 0.2) is 0 Å². The third-order valence-electron chi connectivity index (χ3n) is 2.98. The second-order valence-electron chi connectivity index (χ2n) is 4.34. The lowest BCUT2D eigenvalue weighted by Crippen LogP contribution is -2.31. The number of furan rings is 1. The van der Waals surface area contributed by atoms with Gasteiger partial charge in [-0.05, 0) is 19.1 Å². The number of sulfonamides is 1. The highest BCUT2D eigenvalue weighted by atomic mass is 32.2. The number of nitrogens with one attached hydrogen (secondary N) is 1. The summed E-state index contributed by atoms with van der Waals surface area (Å²) in [5.41, 5.74) is -0.150. The van der Waals surface area contributed by atoms with Gasteiger partial charge in [0.05, 0.1) is 12.8 Å². The van der Waals surface area contributed by atoms with E-state index >= 15 is 0 Å². The Bertz CT molecular complexity index is 733. The van der Waals surface area contributed by atoms with Gasteiger partial charge in [-0.2, -0.15) is 9.40 Å². The van der Waals surface area contributed by atoms with Crippen LogP contribution in [0.3, 0.4) is 0 Å². The van der Waals surface area contributed by atoms with Crippen LogP contribution in [0, 0.1) is 6.92 Å². The zero-order valence-corrected chi connectivity index (χ0v) is 12.3. The Labute approximate surface area is 121 Å². The fourth-order valence-corrected chi connectivity index (χ4v) is 3.45. The first-order valence-corrected chi connectivity index (χ1v) is 7.62. The van der Waals surface area contributed by atoms with Crippen LogP contribution in [0.25, 0.3) is 0 Å². The van der Waals surface area contributed by atoms with Crippen molar-refractivity contribution in [2.45, 2.75) is 25.4 Å². The summed E-state index contributed by atoms with van der Waals surface area (Å²) in [6, 6.07) is 3.29. The van der Waals surface area contributed by atoms with Crippen molar-refractivity contribution in [3.8, 4) is 0 Å². The molecule has 0 atom stereocenters. The lowest BCUT2D eigenvalue weighted by molar-refractivity contribution is 0.0691. The number of hydrogen-bond acceptors (Lipinski definition) is 5. The zero-order valence-electron chi connectivity index (χ0n) is 11.5. The average Bonchev–Trinajstić information content (AvgIpc) is 3.04. The SMILES string of the molecule is CCN(Cc1ccco1)S(=O)(=O)c1n[nH]c(C)c1C(=O)O. The van der Waals surface area contributed by atoms with Crippen LogP contribution in [-0.4, -0.2) is 40.5 Å². The summed E-state index contributed by atoms with van der Waals surface area (Å²) >= 11 is 0. The van der Waals surface area contributed by atoms with Crippen LogP contribution in [0.5, 0.6) is 0 Å². The maximum absolute atomic E-state index is 12.6. The number of nitrogens with zero attached hydrogens (tertiary/aromatic N) is 2. The van der Waals surface area contributed by atoms with E-state index in [0.717, 1.165) is 4.31 Å². The minimum absolute atomic E-state index is 0.0107. The molecule has 0 aliphatic rings. The van der Waals surface area contributed by atoms with Crippen LogP contribution in [0.1, 0.15) is 28.7 Å². The first kappa shape index (κ1) is 15.3. The van der Waals surface area contributed by atoms with Crippen molar-refractivity contribution >= 4 is 16.0 Å². The lowest BCUT2D eigenvalue weighted by atomic mass is 10.3. The molecule has 0 saturated carbocycles. The number of aromatic carboxylic acids is 1. The van der Waals surface area contributed by atoms with Crippen LogP contribution in [-0.2, 0) is 16.6 Å². The summed E-state index contributed by atoms with van der Waals surface area (Å²) in [7, 11) is -4.03. The van der Waals surface area contributed by atoms with Gasteiger partial charge in [0.2, 0.25) is 5.03 Å². The Kier molecular flexibility index (Phi) is 4.14. The minimum atomic E-state index is -4.03. The predicted octanol–water partition coefficient (Wildman–Crippen LogP) is 1.22. The zero-order chi connectivity index (χ0) is 15.6. The Morgan fingerprint density at radius 2 is 2.24 bits per heavy atom. The van der Waals surface area contributed by atoms with E-state index < -0.39 is 21.0 Å². The molecule has 2 rings (SSSR count). The number of H-pyrrole nitrogens is 1. The highest BCUT2D eigenvalue weighted by Crippen LogP contribution is 2.22. The summed E-state index contributed by atoms with van der Waals surface area (Å²) < 4.78 is 31.4. The Hall–Kier alpha value is -2.13. The van der Waals surface area contributed by atoms with Crippen molar-refractivity contribution in [3.05, 3.63) is 35.4 Å². The Balaban J connectivity index is 2.42. The Morgan fingerprint density at radius 1 is 1.52 bits per heavy atom. The van der Waals surface area contributed by atoms with Gasteiger partial charge in [-0.1, -0.05) is 6.92 Å². The second kappa shape index (κ2) is 5.70. The molecule has 0 aliphatic carbocycles. The fraction of sp³-hybridized carbons (Fsp3) is 0.333. The van der Waals surface area contributed by atoms with Gasteiger partial charge in [0, 0.05) is 12.2 Å². The van der Waals surface area contributed by atoms with Gasteiger partial charge in [-0.25, -0.2) is 13.2 Å².